The summed E-state index contributed by atoms with van der Waals surface area (Å²) >= 11 is 3.54. The predicted molar refractivity (Wildman–Crippen MR) is 82.1 cm³/mol. The number of halogens is 1. The molecular formula is C14H20BrNO2S. The van der Waals surface area contributed by atoms with Gasteiger partial charge < -0.3 is 0 Å². The molecule has 0 spiro atoms. The Kier molecular flexibility index (Phi) is 5.03. The first-order chi connectivity index (χ1) is 8.98. The van der Waals surface area contributed by atoms with Gasteiger partial charge in [0.1, 0.15) is 0 Å². The molecule has 0 aromatic heterocycles. The lowest BCUT2D eigenvalue weighted by molar-refractivity contribution is 0.551. The van der Waals surface area contributed by atoms with Crippen LogP contribution >= 0.6 is 15.9 Å². The van der Waals surface area contributed by atoms with E-state index in [1.807, 2.05) is 37.3 Å². The monoisotopic (exact) mass is 345 g/mol. The second-order valence-corrected chi connectivity index (χ2v) is 8.24. The third-order valence-corrected chi connectivity index (χ3v) is 6.30. The summed E-state index contributed by atoms with van der Waals surface area (Å²) in [5.41, 5.74) is 1.06. The summed E-state index contributed by atoms with van der Waals surface area (Å²) in [5.74, 6) is 0.154. The van der Waals surface area contributed by atoms with Crippen molar-refractivity contribution in [3.05, 3.63) is 35.9 Å². The van der Waals surface area contributed by atoms with Crippen molar-refractivity contribution >= 4 is 26.0 Å². The van der Waals surface area contributed by atoms with Gasteiger partial charge in [0.25, 0.3) is 0 Å². The summed E-state index contributed by atoms with van der Waals surface area (Å²) in [5, 5.41) is 0. The summed E-state index contributed by atoms with van der Waals surface area (Å²) in [6, 6.07) is 9.82. The number of sulfonamides is 1. The molecule has 19 heavy (non-hydrogen) atoms. The van der Waals surface area contributed by atoms with E-state index in [1.54, 1.807) is 0 Å². The van der Waals surface area contributed by atoms with E-state index in [-0.39, 0.29) is 22.5 Å². The second kappa shape index (κ2) is 6.37. The number of alkyl halides is 1. The van der Waals surface area contributed by atoms with Crippen LogP contribution in [0, 0.1) is 0 Å². The van der Waals surface area contributed by atoms with E-state index in [4.69, 9.17) is 0 Å². The Labute approximate surface area is 124 Å². The summed E-state index contributed by atoms with van der Waals surface area (Å²) in [7, 11) is -3.23. The maximum absolute atomic E-state index is 12.2. The molecule has 2 rings (SSSR count). The maximum atomic E-state index is 12.2. The predicted octanol–water partition coefficient (Wildman–Crippen LogP) is 3.03. The molecule has 0 bridgehead atoms. The van der Waals surface area contributed by atoms with Crippen LogP contribution in [0.2, 0.25) is 0 Å². The molecule has 3 nitrogen and oxygen atoms in total. The van der Waals surface area contributed by atoms with E-state index < -0.39 is 10.0 Å². The Balaban J connectivity index is 1.97. The van der Waals surface area contributed by atoms with E-state index in [1.165, 1.54) is 0 Å². The normalized spacial score (nSPS) is 25.4. The van der Waals surface area contributed by atoms with Crippen molar-refractivity contribution in [1.29, 1.82) is 0 Å². The highest BCUT2D eigenvalue weighted by molar-refractivity contribution is 9.09. The largest absolute Gasteiger partial charge is 0.212 e. The van der Waals surface area contributed by atoms with Gasteiger partial charge in [-0.1, -0.05) is 59.6 Å². The average molecular weight is 346 g/mol. The molecule has 0 radical (unpaired) electrons. The first kappa shape index (κ1) is 15.0. The van der Waals surface area contributed by atoms with Gasteiger partial charge in [0.15, 0.2) is 0 Å². The van der Waals surface area contributed by atoms with Gasteiger partial charge in [-0.05, 0) is 24.3 Å². The smallest absolute Gasteiger partial charge is 0.212 e. The summed E-state index contributed by atoms with van der Waals surface area (Å²) in [4.78, 5) is 0.273. The minimum absolute atomic E-state index is 0.00822. The third-order valence-electron chi connectivity index (χ3n) is 3.60. The average Bonchev–Trinajstić information content (AvgIpc) is 2.75. The highest BCUT2D eigenvalue weighted by atomic mass is 79.9. The molecule has 1 aromatic rings. The Bertz CT molecular complexity index is 503. The topological polar surface area (TPSA) is 46.2 Å². The van der Waals surface area contributed by atoms with Crippen molar-refractivity contribution in [2.75, 3.05) is 5.75 Å². The molecule has 0 saturated heterocycles. The van der Waals surface area contributed by atoms with E-state index in [9.17, 15) is 8.42 Å². The van der Waals surface area contributed by atoms with Crippen molar-refractivity contribution < 1.29 is 8.42 Å². The standard InChI is InChI=1S/C14H20BrNO2S/c1-11(12-6-3-2-4-7-12)10-19(17,18)16-14-9-5-8-13(14)15/h2-4,6-7,11,13-14,16H,5,8-10H2,1H3. The van der Waals surface area contributed by atoms with Gasteiger partial charge in [-0.15, -0.1) is 0 Å². The zero-order valence-corrected chi connectivity index (χ0v) is 13.5. The van der Waals surface area contributed by atoms with E-state index in [0.717, 1.165) is 24.8 Å². The zero-order valence-electron chi connectivity index (χ0n) is 11.0. The SMILES string of the molecule is CC(CS(=O)(=O)NC1CCCC1Br)c1ccccc1. The van der Waals surface area contributed by atoms with Crippen LogP contribution in [0.1, 0.15) is 37.7 Å². The van der Waals surface area contributed by atoms with Crippen LogP contribution in [0.25, 0.3) is 0 Å². The number of hydrogen-bond donors (Lipinski definition) is 1. The molecule has 3 atom stereocenters. The zero-order chi connectivity index (χ0) is 13.9. The first-order valence-corrected chi connectivity index (χ1v) is 9.24. The number of rotatable bonds is 5. The summed E-state index contributed by atoms with van der Waals surface area (Å²) in [6.45, 7) is 1.95. The van der Waals surface area contributed by atoms with Gasteiger partial charge in [-0.3, -0.25) is 0 Å². The fourth-order valence-corrected chi connectivity index (χ4v) is 5.12. The van der Waals surface area contributed by atoms with Gasteiger partial charge in [-0.2, -0.15) is 0 Å². The van der Waals surface area contributed by atoms with Gasteiger partial charge in [0.2, 0.25) is 10.0 Å². The molecule has 5 heteroatoms. The quantitative estimate of drug-likeness (QED) is 0.833. The number of nitrogens with one attached hydrogen (secondary N) is 1. The molecule has 3 unspecified atom stereocenters. The van der Waals surface area contributed by atoms with Crippen molar-refractivity contribution in [3.8, 4) is 0 Å². The lowest BCUT2D eigenvalue weighted by Crippen LogP contribution is -2.39. The van der Waals surface area contributed by atoms with Gasteiger partial charge in [0, 0.05) is 10.9 Å². The van der Waals surface area contributed by atoms with Crippen LogP contribution in [0.4, 0.5) is 0 Å². The van der Waals surface area contributed by atoms with E-state index in [2.05, 4.69) is 20.7 Å². The Morgan fingerprint density at radius 3 is 2.58 bits per heavy atom. The van der Waals surface area contributed by atoms with Gasteiger partial charge in [-0.25, -0.2) is 13.1 Å². The molecule has 1 aromatic carbocycles. The van der Waals surface area contributed by atoms with Crippen molar-refractivity contribution in [1.82, 2.24) is 4.72 Å². The van der Waals surface area contributed by atoms with Crippen LogP contribution in [0.15, 0.2) is 30.3 Å². The fourth-order valence-electron chi connectivity index (χ4n) is 2.53. The van der Waals surface area contributed by atoms with Crippen molar-refractivity contribution in [2.24, 2.45) is 0 Å². The van der Waals surface area contributed by atoms with E-state index >= 15 is 0 Å². The molecule has 1 aliphatic rings. The van der Waals surface area contributed by atoms with Crippen LogP contribution in [0.5, 0.6) is 0 Å². The highest BCUT2D eigenvalue weighted by Gasteiger charge is 2.29. The first-order valence-electron chi connectivity index (χ1n) is 6.67. The summed E-state index contributed by atoms with van der Waals surface area (Å²) < 4.78 is 27.2. The minimum Gasteiger partial charge on any atom is -0.212 e. The van der Waals surface area contributed by atoms with E-state index in [0.29, 0.717) is 0 Å². The highest BCUT2D eigenvalue weighted by Crippen LogP contribution is 2.26. The van der Waals surface area contributed by atoms with Crippen LogP contribution in [0.3, 0.4) is 0 Å². The molecule has 0 aliphatic heterocycles. The number of benzene rings is 1. The minimum atomic E-state index is -3.23. The molecule has 106 valence electrons. The van der Waals surface area contributed by atoms with Crippen LogP contribution in [-0.4, -0.2) is 25.0 Å². The Hall–Kier alpha value is -0.390. The lowest BCUT2D eigenvalue weighted by atomic mass is 10.0. The molecule has 1 fully saturated rings. The lowest BCUT2D eigenvalue weighted by Gasteiger charge is -2.18. The number of hydrogen-bond acceptors (Lipinski definition) is 2. The molecule has 1 aliphatic carbocycles. The van der Waals surface area contributed by atoms with Gasteiger partial charge in [0.05, 0.1) is 5.75 Å². The fraction of sp³-hybridized carbons (Fsp3) is 0.571. The molecule has 1 saturated carbocycles. The maximum Gasteiger partial charge on any atom is 0.212 e. The van der Waals surface area contributed by atoms with Crippen LogP contribution in [-0.2, 0) is 10.0 Å². The molecule has 1 N–H and O–H groups in total. The summed E-state index contributed by atoms with van der Waals surface area (Å²) in [6.07, 6.45) is 3.05. The van der Waals surface area contributed by atoms with Crippen molar-refractivity contribution in [3.63, 3.8) is 0 Å². The Morgan fingerprint density at radius 1 is 1.32 bits per heavy atom. The molecule has 0 heterocycles. The second-order valence-electron chi connectivity index (χ2n) is 5.26. The van der Waals surface area contributed by atoms with Crippen LogP contribution < -0.4 is 4.72 Å². The Morgan fingerprint density at radius 2 is 2.00 bits per heavy atom. The van der Waals surface area contributed by atoms with Crippen molar-refractivity contribution in [2.45, 2.75) is 43.0 Å². The third kappa shape index (κ3) is 4.29. The molecule has 0 amide bonds. The molecular weight excluding hydrogens is 326 g/mol. The van der Waals surface area contributed by atoms with Gasteiger partial charge >= 0.3 is 0 Å².